The fraction of sp³-hybridized carbons (Fsp3) is 0.706. The molecule has 0 amide bonds. The van der Waals surface area contributed by atoms with Gasteiger partial charge in [0.1, 0.15) is 5.82 Å². The normalized spacial score (nSPS) is 16.9. The highest BCUT2D eigenvalue weighted by atomic mass is 16.3. The Balaban J connectivity index is 2.10. The van der Waals surface area contributed by atoms with E-state index in [1.54, 1.807) is 0 Å². The van der Waals surface area contributed by atoms with Crippen LogP contribution in [0.3, 0.4) is 0 Å². The van der Waals surface area contributed by atoms with E-state index in [-0.39, 0.29) is 6.61 Å². The first-order valence-electron chi connectivity index (χ1n) is 7.99. The molecule has 3 heteroatoms. The van der Waals surface area contributed by atoms with Crippen molar-refractivity contribution < 1.29 is 5.11 Å². The van der Waals surface area contributed by atoms with Crippen molar-refractivity contribution in [3.63, 3.8) is 0 Å². The molecule has 1 aromatic rings. The molecule has 112 valence electrons. The predicted octanol–water partition coefficient (Wildman–Crippen LogP) is 3.40. The van der Waals surface area contributed by atoms with Crippen LogP contribution >= 0.6 is 0 Å². The maximum absolute atomic E-state index is 9.42. The number of hydrogen-bond acceptors (Lipinski definition) is 3. The molecular formula is C17H28N2O. The van der Waals surface area contributed by atoms with E-state index < -0.39 is 0 Å². The Bertz CT molecular complexity index is 423. The van der Waals surface area contributed by atoms with Gasteiger partial charge in [-0.2, -0.15) is 0 Å². The highest BCUT2D eigenvalue weighted by Gasteiger charge is 2.22. The van der Waals surface area contributed by atoms with Gasteiger partial charge in [-0.3, -0.25) is 0 Å². The van der Waals surface area contributed by atoms with Gasteiger partial charge in [-0.05, 0) is 48.8 Å². The number of nitrogens with zero attached hydrogens (tertiary/aromatic N) is 2. The van der Waals surface area contributed by atoms with Gasteiger partial charge < -0.3 is 10.0 Å². The van der Waals surface area contributed by atoms with E-state index >= 15 is 0 Å². The molecule has 2 heterocycles. The summed E-state index contributed by atoms with van der Waals surface area (Å²) in [5.74, 6) is 2.69. The van der Waals surface area contributed by atoms with Crippen molar-refractivity contribution in [3.8, 4) is 0 Å². The molecule has 3 nitrogen and oxygen atoms in total. The number of hydrogen-bond donors (Lipinski definition) is 1. The Morgan fingerprint density at radius 1 is 1.30 bits per heavy atom. The second-order valence-electron chi connectivity index (χ2n) is 6.30. The fourth-order valence-corrected chi connectivity index (χ4v) is 3.07. The summed E-state index contributed by atoms with van der Waals surface area (Å²) in [4.78, 5) is 7.17. The molecule has 1 aliphatic rings. The predicted molar refractivity (Wildman–Crippen MR) is 83.9 cm³/mol. The van der Waals surface area contributed by atoms with Crippen LogP contribution in [0.4, 0.5) is 5.82 Å². The van der Waals surface area contributed by atoms with Crippen LogP contribution in [0.15, 0.2) is 12.1 Å². The first-order chi connectivity index (χ1) is 9.63. The SMILES string of the molecule is CCCc1cc(CO)cc(N2CCC(C(C)C)CC2)n1. The van der Waals surface area contributed by atoms with Crippen molar-refractivity contribution in [1.82, 2.24) is 4.98 Å². The summed E-state index contributed by atoms with van der Waals surface area (Å²) < 4.78 is 0. The Hall–Kier alpha value is -1.09. The van der Waals surface area contributed by atoms with Gasteiger partial charge in [-0.1, -0.05) is 27.2 Å². The van der Waals surface area contributed by atoms with Crippen LogP contribution < -0.4 is 4.90 Å². The van der Waals surface area contributed by atoms with E-state index in [1.807, 2.05) is 6.07 Å². The van der Waals surface area contributed by atoms with Crippen molar-refractivity contribution in [1.29, 1.82) is 0 Å². The molecule has 1 aromatic heterocycles. The molecule has 0 saturated carbocycles. The maximum Gasteiger partial charge on any atom is 0.129 e. The van der Waals surface area contributed by atoms with Crippen LogP contribution in [0.25, 0.3) is 0 Å². The van der Waals surface area contributed by atoms with Crippen LogP contribution in [0.1, 0.15) is 51.3 Å². The molecule has 1 saturated heterocycles. The van der Waals surface area contributed by atoms with Gasteiger partial charge in [0.2, 0.25) is 0 Å². The van der Waals surface area contributed by atoms with Crippen LogP contribution in [-0.4, -0.2) is 23.2 Å². The van der Waals surface area contributed by atoms with E-state index in [2.05, 4.69) is 31.7 Å². The average molecular weight is 276 g/mol. The first-order valence-corrected chi connectivity index (χ1v) is 7.99. The summed E-state index contributed by atoms with van der Waals surface area (Å²) >= 11 is 0. The zero-order valence-electron chi connectivity index (χ0n) is 13.1. The van der Waals surface area contributed by atoms with Crippen molar-refractivity contribution in [2.45, 2.75) is 53.1 Å². The summed E-state index contributed by atoms with van der Waals surface area (Å²) in [6, 6.07) is 4.09. The summed E-state index contributed by atoms with van der Waals surface area (Å²) in [5, 5.41) is 9.42. The van der Waals surface area contributed by atoms with Gasteiger partial charge in [-0.15, -0.1) is 0 Å². The molecule has 2 rings (SSSR count). The second-order valence-corrected chi connectivity index (χ2v) is 6.30. The van der Waals surface area contributed by atoms with Crippen LogP contribution in [0.5, 0.6) is 0 Å². The third-order valence-electron chi connectivity index (χ3n) is 4.42. The summed E-state index contributed by atoms with van der Waals surface area (Å²) in [6.45, 7) is 9.11. The van der Waals surface area contributed by atoms with E-state index in [0.29, 0.717) is 0 Å². The molecule has 0 bridgehead atoms. The third-order valence-corrected chi connectivity index (χ3v) is 4.42. The van der Waals surface area contributed by atoms with Crippen LogP contribution in [0, 0.1) is 11.8 Å². The Kier molecular flexibility index (Phi) is 5.41. The van der Waals surface area contributed by atoms with E-state index in [4.69, 9.17) is 4.98 Å². The largest absolute Gasteiger partial charge is 0.392 e. The lowest BCUT2D eigenvalue weighted by molar-refractivity contribution is 0.281. The van der Waals surface area contributed by atoms with Crippen molar-refractivity contribution in [2.24, 2.45) is 11.8 Å². The molecule has 1 fully saturated rings. The van der Waals surface area contributed by atoms with Crippen molar-refractivity contribution in [3.05, 3.63) is 23.4 Å². The fourth-order valence-electron chi connectivity index (χ4n) is 3.07. The van der Waals surface area contributed by atoms with Crippen LogP contribution in [0.2, 0.25) is 0 Å². The second kappa shape index (κ2) is 7.07. The van der Waals surface area contributed by atoms with Gasteiger partial charge >= 0.3 is 0 Å². The minimum absolute atomic E-state index is 0.106. The van der Waals surface area contributed by atoms with Gasteiger partial charge in [0.15, 0.2) is 0 Å². The topological polar surface area (TPSA) is 36.4 Å². The molecule has 1 aliphatic heterocycles. The van der Waals surface area contributed by atoms with E-state index in [1.165, 1.54) is 12.8 Å². The van der Waals surface area contributed by atoms with E-state index in [9.17, 15) is 5.11 Å². The number of piperidine rings is 1. The summed E-state index contributed by atoms with van der Waals surface area (Å²) in [7, 11) is 0. The number of aryl methyl sites for hydroxylation is 1. The molecule has 0 radical (unpaired) electrons. The maximum atomic E-state index is 9.42. The monoisotopic (exact) mass is 276 g/mol. The standard InChI is InChI=1S/C17H28N2O/c1-4-5-16-10-14(12-20)11-17(18-16)19-8-6-15(7-9-19)13(2)3/h10-11,13,15,20H,4-9,12H2,1-3H3. The molecule has 0 unspecified atom stereocenters. The Morgan fingerprint density at radius 2 is 2.00 bits per heavy atom. The molecule has 1 N–H and O–H groups in total. The number of aliphatic hydroxyl groups excluding tert-OH is 1. The molecule has 0 aliphatic carbocycles. The minimum atomic E-state index is 0.106. The van der Waals surface area contributed by atoms with Gasteiger partial charge in [0.25, 0.3) is 0 Å². The number of aromatic nitrogens is 1. The molecule has 0 aromatic carbocycles. The average Bonchev–Trinajstić information content (AvgIpc) is 2.47. The quantitative estimate of drug-likeness (QED) is 0.895. The molecular weight excluding hydrogens is 248 g/mol. The van der Waals surface area contributed by atoms with Gasteiger partial charge in [0, 0.05) is 18.8 Å². The highest BCUT2D eigenvalue weighted by Crippen LogP contribution is 2.27. The zero-order chi connectivity index (χ0) is 14.5. The minimum Gasteiger partial charge on any atom is -0.392 e. The first kappa shape index (κ1) is 15.3. The molecule has 0 atom stereocenters. The molecule has 0 spiro atoms. The van der Waals surface area contributed by atoms with Crippen molar-refractivity contribution >= 4 is 5.82 Å². The van der Waals surface area contributed by atoms with Gasteiger partial charge in [-0.25, -0.2) is 4.98 Å². The Labute approximate surface area is 123 Å². The number of rotatable bonds is 5. The van der Waals surface area contributed by atoms with E-state index in [0.717, 1.165) is 54.8 Å². The lowest BCUT2D eigenvalue weighted by Gasteiger charge is -2.35. The lowest BCUT2D eigenvalue weighted by atomic mass is 9.87. The highest BCUT2D eigenvalue weighted by molar-refractivity contribution is 5.43. The third kappa shape index (κ3) is 3.72. The lowest BCUT2D eigenvalue weighted by Crippen LogP contribution is -2.35. The van der Waals surface area contributed by atoms with Crippen LogP contribution in [-0.2, 0) is 13.0 Å². The van der Waals surface area contributed by atoms with Crippen molar-refractivity contribution in [2.75, 3.05) is 18.0 Å². The number of aliphatic hydroxyl groups is 1. The zero-order valence-corrected chi connectivity index (χ0v) is 13.1. The number of anilines is 1. The smallest absolute Gasteiger partial charge is 0.129 e. The number of pyridine rings is 1. The van der Waals surface area contributed by atoms with Gasteiger partial charge in [0.05, 0.1) is 6.61 Å². The Morgan fingerprint density at radius 3 is 2.55 bits per heavy atom. The summed E-state index contributed by atoms with van der Waals surface area (Å²) in [5.41, 5.74) is 2.10. The summed E-state index contributed by atoms with van der Waals surface area (Å²) in [6.07, 6.45) is 4.59. The molecule has 20 heavy (non-hydrogen) atoms.